The highest BCUT2D eigenvalue weighted by atomic mass is 32.1. The Morgan fingerprint density at radius 2 is 2.31 bits per heavy atom. The van der Waals surface area contributed by atoms with E-state index in [-0.39, 0.29) is 0 Å². The van der Waals surface area contributed by atoms with Crippen LogP contribution in [0.15, 0.2) is 6.20 Å². The van der Waals surface area contributed by atoms with Crippen LogP contribution in [0.2, 0.25) is 0 Å². The largest absolute Gasteiger partial charge is 0.317 e. The summed E-state index contributed by atoms with van der Waals surface area (Å²) in [5.74, 6) is 0.569. The number of nitrogens with zero attached hydrogens (tertiary/aromatic N) is 1. The minimum Gasteiger partial charge on any atom is -0.317 e. The fourth-order valence-corrected chi connectivity index (χ4v) is 2.52. The van der Waals surface area contributed by atoms with Crippen molar-refractivity contribution in [2.24, 2.45) is 0 Å². The molecule has 1 saturated heterocycles. The van der Waals surface area contributed by atoms with Crippen LogP contribution in [0.5, 0.6) is 0 Å². The lowest BCUT2D eigenvalue weighted by Crippen LogP contribution is -2.26. The number of piperidine rings is 1. The third-order valence-corrected chi connectivity index (χ3v) is 3.43. The Morgan fingerprint density at radius 3 is 2.92 bits per heavy atom. The molecule has 0 aromatic carbocycles. The van der Waals surface area contributed by atoms with Gasteiger partial charge in [0.05, 0.1) is 9.88 Å². The molecule has 13 heavy (non-hydrogen) atoms. The van der Waals surface area contributed by atoms with Crippen molar-refractivity contribution in [3.63, 3.8) is 0 Å². The average Bonchev–Trinajstić information content (AvgIpc) is 2.67. The molecule has 1 aliphatic rings. The predicted octanol–water partition coefficient (Wildman–Crippen LogP) is 1.42. The second-order valence-corrected chi connectivity index (χ2v) is 4.34. The molecule has 1 aromatic rings. The summed E-state index contributed by atoms with van der Waals surface area (Å²) in [5.41, 5.74) is 0. The normalized spacial score (nSPS) is 18.8. The minimum absolute atomic E-state index is 0.569. The highest BCUT2D eigenvalue weighted by molar-refractivity contribution is 7.13. The van der Waals surface area contributed by atoms with Gasteiger partial charge in [-0.1, -0.05) is 0 Å². The number of aldehydes is 1. The molecule has 1 N–H and O–H groups in total. The number of carbonyl (C=O) groups is 1. The quantitative estimate of drug-likeness (QED) is 0.727. The third-order valence-electron chi connectivity index (χ3n) is 2.35. The first-order valence-electron chi connectivity index (χ1n) is 4.52. The van der Waals surface area contributed by atoms with Crippen molar-refractivity contribution in [2.75, 3.05) is 13.1 Å². The first-order valence-corrected chi connectivity index (χ1v) is 5.33. The zero-order valence-corrected chi connectivity index (χ0v) is 8.14. The van der Waals surface area contributed by atoms with Gasteiger partial charge in [-0.25, -0.2) is 4.98 Å². The average molecular weight is 196 g/mol. The second-order valence-electron chi connectivity index (χ2n) is 3.24. The Balaban J connectivity index is 2.09. The molecule has 3 nitrogen and oxygen atoms in total. The maximum Gasteiger partial charge on any atom is 0.161 e. The van der Waals surface area contributed by atoms with E-state index >= 15 is 0 Å². The van der Waals surface area contributed by atoms with Gasteiger partial charge >= 0.3 is 0 Å². The fourth-order valence-electron chi connectivity index (χ4n) is 1.61. The smallest absolute Gasteiger partial charge is 0.161 e. The number of thiazole rings is 1. The summed E-state index contributed by atoms with van der Waals surface area (Å²) in [6.07, 6.45) is 4.84. The van der Waals surface area contributed by atoms with Crippen LogP contribution < -0.4 is 5.32 Å². The first-order chi connectivity index (χ1) is 6.40. The van der Waals surface area contributed by atoms with Crippen molar-refractivity contribution in [3.8, 4) is 0 Å². The molecular weight excluding hydrogens is 184 g/mol. The summed E-state index contributed by atoms with van der Waals surface area (Å²) in [4.78, 5) is 15.5. The molecule has 4 heteroatoms. The lowest BCUT2D eigenvalue weighted by Gasteiger charge is -2.20. The molecule has 1 aliphatic heterocycles. The Labute approximate surface area is 81.2 Å². The van der Waals surface area contributed by atoms with Crippen LogP contribution in [0, 0.1) is 0 Å². The molecule has 0 saturated carbocycles. The van der Waals surface area contributed by atoms with Gasteiger partial charge in [-0.15, -0.1) is 11.3 Å². The van der Waals surface area contributed by atoms with Crippen LogP contribution in [0.4, 0.5) is 0 Å². The van der Waals surface area contributed by atoms with Crippen LogP contribution in [-0.4, -0.2) is 24.4 Å². The lowest BCUT2D eigenvalue weighted by molar-refractivity contribution is 0.112. The number of hydrogen-bond acceptors (Lipinski definition) is 4. The molecule has 1 aromatic heterocycles. The molecule has 0 bridgehead atoms. The molecule has 0 atom stereocenters. The fraction of sp³-hybridized carbons (Fsp3) is 0.556. The van der Waals surface area contributed by atoms with Gasteiger partial charge in [0.15, 0.2) is 6.29 Å². The minimum atomic E-state index is 0.569. The first kappa shape index (κ1) is 8.84. The molecular formula is C9H12N2OS. The maximum absolute atomic E-state index is 10.5. The zero-order chi connectivity index (χ0) is 9.10. The van der Waals surface area contributed by atoms with E-state index in [9.17, 15) is 4.79 Å². The molecule has 2 heterocycles. The van der Waals surface area contributed by atoms with Gasteiger partial charge in [-0.3, -0.25) is 4.79 Å². The summed E-state index contributed by atoms with van der Waals surface area (Å²) in [6, 6.07) is 0. The number of hydrogen-bond donors (Lipinski definition) is 1. The van der Waals surface area contributed by atoms with Gasteiger partial charge in [0, 0.05) is 12.1 Å². The van der Waals surface area contributed by atoms with Gasteiger partial charge < -0.3 is 5.32 Å². The van der Waals surface area contributed by atoms with Crippen molar-refractivity contribution in [1.29, 1.82) is 0 Å². The highest BCUT2D eigenvalue weighted by Gasteiger charge is 2.17. The molecule has 0 spiro atoms. The van der Waals surface area contributed by atoms with E-state index < -0.39 is 0 Å². The molecule has 0 amide bonds. The van der Waals surface area contributed by atoms with Gasteiger partial charge in [-0.2, -0.15) is 0 Å². The summed E-state index contributed by atoms with van der Waals surface area (Å²) < 4.78 is 0. The van der Waals surface area contributed by atoms with Crippen LogP contribution in [0.3, 0.4) is 0 Å². The van der Waals surface area contributed by atoms with E-state index in [1.165, 1.54) is 11.3 Å². The summed E-state index contributed by atoms with van der Waals surface area (Å²) >= 11 is 1.53. The van der Waals surface area contributed by atoms with Crippen molar-refractivity contribution >= 4 is 17.6 Å². The van der Waals surface area contributed by atoms with Gasteiger partial charge in [0.25, 0.3) is 0 Å². The summed E-state index contributed by atoms with van der Waals surface area (Å²) in [7, 11) is 0. The van der Waals surface area contributed by atoms with E-state index in [2.05, 4.69) is 10.3 Å². The van der Waals surface area contributed by atoms with E-state index in [1.807, 2.05) is 0 Å². The van der Waals surface area contributed by atoms with Crippen LogP contribution >= 0.6 is 11.3 Å². The Bertz CT molecular complexity index is 292. The van der Waals surface area contributed by atoms with Gasteiger partial charge in [0.1, 0.15) is 0 Å². The van der Waals surface area contributed by atoms with Crippen molar-refractivity contribution in [2.45, 2.75) is 18.8 Å². The van der Waals surface area contributed by atoms with Crippen LogP contribution in [0.1, 0.15) is 33.4 Å². The van der Waals surface area contributed by atoms with E-state index in [0.717, 1.165) is 42.1 Å². The highest BCUT2D eigenvalue weighted by Crippen LogP contribution is 2.27. The second kappa shape index (κ2) is 3.98. The summed E-state index contributed by atoms with van der Waals surface area (Å²) in [6.45, 7) is 2.14. The number of aromatic nitrogens is 1. The van der Waals surface area contributed by atoms with E-state index in [4.69, 9.17) is 0 Å². The van der Waals surface area contributed by atoms with Crippen LogP contribution in [0.25, 0.3) is 0 Å². The topological polar surface area (TPSA) is 42.0 Å². The van der Waals surface area contributed by atoms with Crippen molar-refractivity contribution in [3.05, 3.63) is 16.1 Å². The molecule has 2 rings (SSSR count). The van der Waals surface area contributed by atoms with Gasteiger partial charge in [-0.05, 0) is 25.9 Å². The Morgan fingerprint density at radius 1 is 1.54 bits per heavy atom. The number of carbonyl (C=O) groups excluding carboxylic acids is 1. The molecule has 0 aliphatic carbocycles. The molecule has 0 unspecified atom stereocenters. The molecule has 1 fully saturated rings. The van der Waals surface area contributed by atoms with Crippen LogP contribution in [-0.2, 0) is 0 Å². The standard InChI is InChI=1S/C9H12N2OS/c12-6-8-5-11-9(13-8)7-1-3-10-4-2-7/h5-7,10H,1-4H2. The monoisotopic (exact) mass is 196 g/mol. The lowest BCUT2D eigenvalue weighted by atomic mass is 9.99. The Hall–Kier alpha value is -0.740. The maximum atomic E-state index is 10.5. The number of nitrogens with one attached hydrogen (secondary N) is 1. The van der Waals surface area contributed by atoms with Crippen molar-refractivity contribution in [1.82, 2.24) is 10.3 Å². The van der Waals surface area contributed by atoms with E-state index in [1.54, 1.807) is 6.20 Å². The molecule has 70 valence electrons. The third kappa shape index (κ3) is 1.95. The predicted molar refractivity (Wildman–Crippen MR) is 52.3 cm³/mol. The zero-order valence-electron chi connectivity index (χ0n) is 7.32. The van der Waals surface area contributed by atoms with Gasteiger partial charge in [0.2, 0.25) is 0 Å². The number of rotatable bonds is 2. The van der Waals surface area contributed by atoms with Crippen molar-refractivity contribution < 1.29 is 4.79 Å². The SMILES string of the molecule is O=Cc1cnc(C2CCNCC2)s1. The molecule has 0 radical (unpaired) electrons. The Kier molecular flexibility index (Phi) is 2.71. The van der Waals surface area contributed by atoms with E-state index in [0.29, 0.717) is 5.92 Å². The summed E-state index contributed by atoms with van der Waals surface area (Å²) in [5, 5.41) is 4.44.